The zero-order chi connectivity index (χ0) is 14.7. The van der Waals surface area contributed by atoms with Crippen molar-refractivity contribution in [2.75, 3.05) is 11.4 Å². The van der Waals surface area contributed by atoms with Gasteiger partial charge < -0.3 is 9.42 Å². The molecule has 0 unspecified atom stereocenters. The Labute approximate surface area is 124 Å². The van der Waals surface area contributed by atoms with Crippen LogP contribution in [-0.2, 0) is 24.1 Å². The number of amides is 1. The zero-order valence-electron chi connectivity index (χ0n) is 12.2. The Kier molecular flexibility index (Phi) is 3.99. The van der Waals surface area contributed by atoms with E-state index in [0.717, 1.165) is 37.3 Å². The standard InChI is InChI=1S/C16H19N3O2/c1-2-5-14-17-15(21-18-14)8-9-16(20)19-11-10-12-6-3-4-7-13(12)19/h3-4,6-7H,2,5,8-11H2,1H3. The van der Waals surface area contributed by atoms with Crippen LogP contribution in [0.3, 0.4) is 0 Å². The maximum Gasteiger partial charge on any atom is 0.227 e. The van der Waals surface area contributed by atoms with Gasteiger partial charge in [0.05, 0.1) is 0 Å². The van der Waals surface area contributed by atoms with E-state index in [1.54, 1.807) is 0 Å². The number of para-hydroxylation sites is 1. The Morgan fingerprint density at radius 1 is 1.33 bits per heavy atom. The number of fused-ring (bicyclic) bond motifs is 1. The summed E-state index contributed by atoms with van der Waals surface area (Å²) in [6.45, 7) is 2.84. The predicted molar refractivity (Wildman–Crippen MR) is 79.1 cm³/mol. The van der Waals surface area contributed by atoms with Crippen LogP contribution in [0.1, 0.15) is 37.0 Å². The van der Waals surface area contributed by atoms with Gasteiger partial charge >= 0.3 is 0 Å². The maximum atomic E-state index is 12.3. The summed E-state index contributed by atoms with van der Waals surface area (Å²) in [6.07, 6.45) is 3.65. The molecule has 0 N–H and O–H groups in total. The fourth-order valence-electron chi connectivity index (χ4n) is 2.66. The van der Waals surface area contributed by atoms with E-state index in [9.17, 15) is 4.79 Å². The minimum absolute atomic E-state index is 0.121. The second kappa shape index (κ2) is 6.08. The molecule has 3 rings (SSSR count). The first-order chi connectivity index (χ1) is 10.3. The van der Waals surface area contributed by atoms with Crippen molar-refractivity contribution in [3.05, 3.63) is 41.5 Å². The van der Waals surface area contributed by atoms with Crippen molar-refractivity contribution in [2.45, 2.75) is 39.0 Å². The highest BCUT2D eigenvalue weighted by Gasteiger charge is 2.24. The van der Waals surface area contributed by atoms with Crippen LogP contribution < -0.4 is 4.90 Å². The molecule has 1 aromatic heterocycles. The fourth-order valence-corrected chi connectivity index (χ4v) is 2.66. The van der Waals surface area contributed by atoms with Gasteiger partial charge in [-0.25, -0.2) is 0 Å². The van der Waals surface area contributed by atoms with Gasteiger partial charge in [0, 0.05) is 31.5 Å². The van der Waals surface area contributed by atoms with Gasteiger partial charge in [-0.05, 0) is 24.5 Å². The van der Waals surface area contributed by atoms with E-state index < -0.39 is 0 Å². The lowest BCUT2D eigenvalue weighted by Crippen LogP contribution is -2.29. The number of aryl methyl sites for hydroxylation is 2. The molecule has 1 amide bonds. The Morgan fingerprint density at radius 3 is 3.05 bits per heavy atom. The van der Waals surface area contributed by atoms with Crippen LogP contribution in [0, 0.1) is 0 Å². The van der Waals surface area contributed by atoms with Crippen LogP contribution >= 0.6 is 0 Å². The summed E-state index contributed by atoms with van der Waals surface area (Å²) in [4.78, 5) is 18.5. The van der Waals surface area contributed by atoms with E-state index in [4.69, 9.17) is 4.52 Å². The van der Waals surface area contributed by atoms with Crippen LogP contribution in [-0.4, -0.2) is 22.6 Å². The number of aromatic nitrogens is 2. The Balaban J connectivity index is 1.60. The number of rotatable bonds is 5. The maximum absolute atomic E-state index is 12.3. The van der Waals surface area contributed by atoms with Crippen LogP contribution in [0.15, 0.2) is 28.8 Å². The molecule has 0 fully saturated rings. The summed E-state index contributed by atoms with van der Waals surface area (Å²) in [5, 5.41) is 3.91. The van der Waals surface area contributed by atoms with Crippen LogP contribution in [0.25, 0.3) is 0 Å². The lowest BCUT2D eigenvalue weighted by molar-refractivity contribution is -0.118. The van der Waals surface area contributed by atoms with Crippen molar-refractivity contribution >= 4 is 11.6 Å². The molecule has 2 heterocycles. The molecular weight excluding hydrogens is 266 g/mol. The van der Waals surface area contributed by atoms with Crippen LogP contribution in [0.4, 0.5) is 5.69 Å². The third kappa shape index (κ3) is 2.96. The Morgan fingerprint density at radius 2 is 2.19 bits per heavy atom. The molecule has 0 saturated carbocycles. The highest BCUT2D eigenvalue weighted by Crippen LogP contribution is 2.28. The van der Waals surface area contributed by atoms with Crippen LogP contribution in [0.5, 0.6) is 0 Å². The van der Waals surface area contributed by atoms with E-state index in [0.29, 0.717) is 18.7 Å². The van der Waals surface area contributed by atoms with Gasteiger partial charge in [0.25, 0.3) is 0 Å². The van der Waals surface area contributed by atoms with Crippen molar-refractivity contribution in [3.8, 4) is 0 Å². The van der Waals surface area contributed by atoms with Crippen molar-refractivity contribution in [2.24, 2.45) is 0 Å². The van der Waals surface area contributed by atoms with Crippen molar-refractivity contribution in [3.63, 3.8) is 0 Å². The summed E-state index contributed by atoms with van der Waals surface area (Å²) in [5.41, 5.74) is 2.29. The second-order valence-corrected chi connectivity index (χ2v) is 5.28. The fraction of sp³-hybridized carbons (Fsp3) is 0.438. The number of carbonyl (C=O) groups excluding carboxylic acids is 1. The van der Waals surface area contributed by atoms with E-state index in [1.807, 2.05) is 23.1 Å². The summed E-state index contributed by atoms with van der Waals surface area (Å²) >= 11 is 0. The quantitative estimate of drug-likeness (QED) is 0.847. The normalized spacial score (nSPS) is 13.5. The molecule has 110 valence electrons. The molecule has 0 atom stereocenters. The molecule has 21 heavy (non-hydrogen) atoms. The zero-order valence-corrected chi connectivity index (χ0v) is 12.2. The largest absolute Gasteiger partial charge is 0.339 e. The van der Waals surface area contributed by atoms with Crippen LogP contribution in [0.2, 0.25) is 0 Å². The Hall–Kier alpha value is -2.17. The summed E-state index contributed by atoms with van der Waals surface area (Å²) in [5.74, 6) is 1.40. The molecule has 1 aliphatic rings. The van der Waals surface area contributed by atoms with Gasteiger partial charge in [-0.15, -0.1) is 0 Å². The average molecular weight is 285 g/mol. The molecule has 0 radical (unpaired) electrons. The van der Waals surface area contributed by atoms with Crippen molar-refractivity contribution in [1.29, 1.82) is 0 Å². The van der Waals surface area contributed by atoms with Gasteiger partial charge in [0.15, 0.2) is 5.82 Å². The molecule has 5 nitrogen and oxygen atoms in total. The number of hydrogen-bond acceptors (Lipinski definition) is 4. The van der Waals surface area contributed by atoms with Crippen molar-refractivity contribution < 1.29 is 9.32 Å². The molecule has 1 aromatic carbocycles. The minimum atomic E-state index is 0.121. The molecule has 2 aromatic rings. The Bertz CT molecular complexity index is 636. The number of anilines is 1. The number of nitrogens with zero attached hydrogens (tertiary/aromatic N) is 3. The van der Waals surface area contributed by atoms with Gasteiger partial charge in [0.1, 0.15) is 0 Å². The number of carbonyl (C=O) groups is 1. The summed E-state index contributed by atoms with van der Waals surface area (Å²) in [7, 11) is 0. The van der Waals surface area contributed by atoms with E-state index in [1.165, 1.54) is 5.56 Å². The first-order valence-electron chi connectivity index (χ1n) is 7.47. The highest BCUT2D eigenvalue weighted by atomic mass is 16.5. The summed E-state index contributed by atoms with van der Waals surface area (Å²) in [6, 6.07) is 8.07. The topological polar surface area (TPSA) is 59.2 Å². The third-order valence-electron chi connectivity index (χ3n) is 3.72. The van der Waals surface area contributed by atoms with E-state index in [2.05, 4.69) is 23.1 Å². The van der Waals surface area contributed by atoms with Gasteiger partial charge in [-0.2, -0.15) is 4.98 Å². The molecule has 5 heteroatoms. The second-order valence-electron chi connectivity index (χ2n) is 5.28. The van der Waals surface area contributed by atoms with Gasteiger partial charge in [0.2, 0.25) is 11.8 Å². The minimum Gasteiger partial charge on any atom is -0.339 e. The molecule has 0 aliphatic carbocycles. The number of benzene rings is 1. The molecule has 0 bridgehead atoms. The SMILES string of the molecule is CCCc1noc(CCC(=O)N2CCc3ccccc32)n1. The number of hydrogen-bond donors (Lipinski definition) is 0. The molecule has 0 spiro atoms. The lowest BCUT2D eigenvalue weighted by atomic mass is 10.2. The highest BCUT2D eigenvalue weighted by molar-refractivity contribution is 5.95. The molecular formula is C16H19N3O2. The average Bonchev–Trinajstić information content (AvgIpc) is 3.12. The van der Waals surface area contributed by atoms with E-state index >= 15 is 0 Å². The molecule has 1 aliphatic heterocycles. The smallest absolute Gasteiger partial charge is 0.227 e. The lowest BCUT2D eigenvalue weighted by Gasteiger charge is -2.16. The van der Waals surface area contributed by atoms with Gasteiger partial charge in [-0.1, -0.05) is 30.3 Å². The first kappa shape index (κ1) is 13.8. The molecule has 0 saturated heterocycles. The van der Waals surface area contributed by atoms with Crippen molar-refractivity contribution in [1.82, 2.24) is 10.1 Å². The van der Waals surface area contributed by atoms with Gasteiger partial charge in [-0.3, -0.25) is 4.79 Å². The predicted octanol–water partition coefficient (Wildman–Crippen LogP) is 2.54. The van der Waals surface area contributed by atoms with E-state index in [-0.39, 0.29) is 5.91 Å². The third-order valence-corrected chi connectivity index (χ3v) is 3.72. The first-order valence-corrected chi connectivity index (χ1v) is 7.47. The monoisotopic (exact) mass is 285 g/mol. The summed E-state index contributed by atoms with van der Waals surface area (Å²) < 4.78 is 5.17.